The monoisotopic (exact) mass is 432 g/mol. The van der Waals surface area contributed by atoms with E-state index < -0.39 is 47.6 Å². The Morgan fingerprint density at radius 1 is 0.935 bits per heavy atom. The highest BCUT2D eigenvalue weighted by molar-refractivity contribution is 5.88. The largest absolute Gasteiger partial charge is 0.508 e. The van der Waals surface area contributed by atoms with Crippen LogP contribution in [0, 0.1) is 0 Å². The number of fused-ring (bicyclic) bond motifs is 1. The lowest BCUT2D eigenvalue weighted by Crippen LogP contribution is -2.58. The van der Waals surface area contributed by atoms with Crippen molar-refractivity contribution in [3.05, 3.63) is 46.6 Å². The standard InChI is InChI=1S/C21H20O10/c1-8-15(25)17(27)18(28)21(29-8)31-20-16(26)14-12(24)6-9(22)7-13(14)30-19(20)10-4-2-3-5-11(10)23/h2-8,15,17-18,21-25,27-28H,1H3. The highest BCUT2D eigenvalue weighted by atomic mass is 16.7. The van der Waals surface area contributed by atoms with Crippen LogP contribution in [0.25, 0.3) is 22.3 Å². The smallest absolute Gasteiger partial charge is 0.239 e. The minimum Gasteiger partial charge on any atom is -0.508 e. The van der Waals surface area contributed by atoms with E-state index in [1.165, 1.54) is 19.1 Å². The lowest BCUT2D eigenvalue weighted by molar-refractivity contribution is -0.268. The van der Waals surface area contributed by atoms with Crippen LogP contribution in [0.3, 0.4) is 0 Å². The van der Waals surface area contributed by atoms with Gasteiger partial charge in [-0.25, -0.2) is 0 Å². The van der Waals surface area contributed by atoms with E-state index in [9.17, 15) is 35.4 Å². The second-order valence-electron chi connectivity index (χ2n) is 7.24. The summed E-state index contributed by atoms with van der Waals surface area (Å²) in [5.41, 5.74) is -0.999. The fraction of sp³-hybridized carbons (Fsp3) is 0.286. The summed E-state index contributed by atoms with van der Waals surface area (Å²) in [5.74, 6) is -1.97. The summed E-state index contributed by atoms with van der Waals surface area (Å²) in [6.07, 6.45) is -7.22. The van der Waals surface area contributed by atoms with E-state index in [0.717, 1.165) is 12.1 Å². The van der Waals surface area contributed by atoms with Gasteiger partial charge in [0, 0.05) is 12.1 Å². The third kappa shape index (κ3) is 3.55. The number of aromatic hydroxyl groups is 3. The summed E-state index contributed by atoms with van der Waals surface area (Å²) in [6, 6.07) is 7.95. The zero-order valence-corrected chi connectivity index (χ0v) is 16.2. The Hall–Kier alpha value is -3.31. The van der Waals surface area contributed by atoms with Gasteiger partial charge in [0.1, 0.15) is 46.5 Å². The van der Waals surface area contributed by atoms with Gasteiger partial charge in [-0.05, 0) is 19.1 Å². The molecule has 1 aromatic heterocycles. The van der Waals surface area contributed by atoms with Gasteiger partial charge in [-0.3, -0.25) is 4.79 Å². The van der Waals surface area contributed by atoms with Gasteiger partial charge >= 0.3 is 0 Å². The molecule has 1 aliphatic rings. The molecule has 164 valence electrons. The Morgan fingerprint density at radius 3 is 2.35 bits per heavy atom. The molecule has 10 nitrogen and oxygen atoms in total. The molecule has 0 saturated carbocycles. The van der Waals surface area contributed by atoms with Gasteiger partial charge in [0.05, 0.1) is 11.7 Å². The van der Waals surface area contributed by atoms with Crippen LogP contribution < -0.4 is 10.2 Å². The first-order chi connectivity index (χ1) is 14.7. The Morgan fingerprint density at radius 2 is 1.65 bits per heavy atom. The Labute approximate surface area is 174 Å². The minimum absolute atomic E-state index is 0.0539. The van der Waals surface area contributed by atoms with Crippen LogP contribution in [0.1, 0.15) is 6.92 Å². The summed E-state index contributed by atoms with van der Waals surface area (Å²) < 4.78 is 16.7. The van der Waals surface area contributed by atoms with Gasteiger partial charge in [-0.2, -0.15) is 0 Å². The van der Waals surface area contributed by atoms with Crippen LogP contribution in [0.5, 0.6) is 23.0 Å². The van der Waals surface area contributed by atoms with Gasteiger partial charge in [0.15, 0.2) is 5.76 Å². The maximum atomic E-state index is 13.2. The molecule has 0 amide bonds. The summed E-state index contributed by atoms with van der Waals surface area (Å²) in [6.45, 7) is 1.44. The van der Waals surface area contributed by atoms with Crippen molar-refractivity contribution >= 4 is 11.0 Å². The van der Waals surface area contributed by atoms with E-state index in [-0.39, 0.29) is 33.8 Å². The predicted molar refractivity (Wildman–Crippen MR) is 106 cm³/mol. The normalized spacial score (nSPS) is 26.1. The van der Waals surface area contributed by atoms with Crippen molar-refractivity contribution in [2.75, 3.05) is 0 Å². The minimum atomic E-state index is -1.72. The third-order valence-corrected chi connectivity index (χ3v) is 5.11. The van der Waals surface area contributed by atoms with Crippen molar-refractivity contribution in [2.45, 2.75) is 37.6 Å². The maximum Gasteiger partial charge on any atom is 0.239 e. The maximum absolute atomic E-state index is 13.2. The first kappa shape index (κ1) is 20.9. The van der Waals surface area contributed by atoms with Crippen molar-refractivity contribution in [1.82, 2.24) is 0 Å². The number of hydrogen-bond donors (Lipinski definition) is 6. The Kier molecular flexibility index (Phi) is 5.23. The van der Waals surface area contributed by atoms with Crippen molar-refractivity contribution in [1.29, 1.82) is 0 Å². The zero-order valence-electron chi connectivity index (χ0n) is 16.2. The van der Waals surface area contributed by atoms with Crippen molar-refractivity contribution in [3.63, 3.8) is 0 Å². The van der Waals surface area contributed by atoms with E-state index in [0.29, 0.717) is 0 Å². The molecular formula is C21H20O10. The number of para-hydroxylation sites is 1. The molecule has 10 heteroatoms. The molecule has 2 heterocycles. The zero-order chi connectivity index (χ0) is 22.4. The average molecular weight is 432 g/mol. The molecule has 0 bridgehead atoms. The molecule has 4 rings (SSSR count). The number of rotatable bonds is 3. The highest BCUT2D eigenvalue weighted by Crippen LogP contribution is 2.39. The van der Waals surface area contributed by atoms with Crippen LogP contribution >= 0.6 is 0 Å². The summed E-state index contributed by atoms with van der Waals surface area (Å²) >= 11 is 0. The topological polar surface area (TPSA) is 170 Å². The van der Waals surface area contributed by atoms with E-state index in [1.807, 2.05) is 0 Å². The molecule has 2 aromatic carbocycles. The highest BCUT2D eigenvalue weighted by Gasteiger charge is 2.44. The van der Waals surface area contributed by atoms with Crippen LogP contribution in [-0.2, 0) is 4.74 Å². The van der Waals surface area contributed by atoms with Gasteiger partial charge < -0.3 is 44.5 Å². The summed E-state index contributed by atoms with van der Waals surface area (Å²) in [5, 5.41) is 60.1. The third-order valence-electron chi connectivity index (χ3n) is 5.11. The number of phenolic OH excluding ortho intramolecular Hbond substituents is 3. The fourth-order valence-corrected chi connectivity index (χ4v) is 3.45. The van der Waals surface area contributed by atoms with Gasteiger partial charge in [-0.1, -0.05) is 12.1 Å². The molecule has 0 radical (unpaired) electrons. The second-order valence-corrected chi connectivity index (χ2v) is 7.24. The molecule has 5 unspecified atom stereocenters. The van der Waals surface area contributed by atoms with E-state index in [4.69, 9.17) is 13.9 Å². The Bertz CT molecular complexity index is 1190. The quantitative estimate of drug-likeness (QED) is 0.348. The van der Waals surface area contributed by atoms with Gasteiger partial charge in [0.2, 0.25) is 17.5 Å². The number of phenols is 3. The molecule has 1 aliphatic heterocycles. The van der Waals surface area contributed by atoms with Crippen molar-refractivity contribution < 1.29 is 44.5 Å². The van der Waals surface area contributed by atoms with Crippen molar-refractivity contribution in [3.8, 4) is 34.3 Å². The summed E-state index contributed by atoms with van der Waals surface area (Å²) in [4.78, 5) is 13.2. The molecule has 0 spiro atoms. The van der Waals surface area contributed by atoms with Gasteiger partial charge in [-0.15, -0.1) is 0 Å². The molecule has 3 aromatic rings. The molecule has 0 aliphatic carbocycles. The van der Waals surface area contributed by atoms with Gasteiger partial charge in [0.25, 0.3) is 0 Å². The lowest BCUT2D eigenvalue weighted by atomic mass is 10.00. The fourth-order valence-electron chi connectivity index (χ4n) is 3.45. The van der Waals surface area contributed by atoms with E-state index in [2.05, 4.69) is 0 Å². The molecule has 6 N–H and O–H groups in total. The lowest BCUT2D eigenvalue weighted by Gasteiger charge is -2.38. The van der Waals surface area contributed by atoms with Crippen LogP contribution in [0.15, 0.2) is 45.6 Å². The van der Waals surface area contributed by atoms with E-state index in [1.54, 1.807) is 12.1 Å². The number of aliphatic hydroxyl groups excluding tert-OH is 3. The molecular weight excluding hydrogens is 412 g/mol. The average Bonchev–Trinajstić information content (AvgIpc) is 2.72. The molecule has 1 fully saturated rings. The number of aliphatic hydroxyl groups is 3. The SMILES string of the molecule is CC1OC(Oc2c(-c3ccccc3O)oc3cc(O)cc(O)c3c2=O)C(O)C(O)C1O. The van der Waals surface area contributed by atoms with Crippen LogP contribution in [0.2, 0.25) is 0 Å². The van der Waals surface area contributed by atoms with Crippen molar-refractivity contribution in [2.24, 2.45) is 0 Å². The number of hydrogen-bond acceptors (Lipinski definition) is 10. The second kappa shape index (κ2) is 7.75. The first-order valence-corrected chi connectivity index (χ1v) is 9.36. The number of benzene rings is 2. The first-order valence-electron chi connectivity index (χ1n) is 9.36. The molecule has 1 saturated heterocycles. The van der Waals surface area contributed by atoms with E-state index >= 15 is 0 Å². The Balaban J connectivity index is 1.93. The number of ether oxygens (including phenoxy) is 2. The molecule has 31 heavy (non-hydrogen) atoms. The predicted octanol–water partition coefficient (Wildman–Crippen LogP) is 0.783. The summed E-state index contributed by atoms with van der Waals surface area (Å²) in [7, 11) is 0. The van der Waals surface area contributed by atoms with Crippen LogP contribution in [-0.4, -0.2) is 61.3 Å². The van der Waals surface area contributed by atoms with Crippen LogP contribution in [0.4, 0.5) is 0 Å². The molecule has 5 atom stereocenters.